The van der Waals surface area contributed by atoms with Gasteiger partial charge in [0, 0.05) is 29.0 Å². The molecule has 0 aliphatic rings. The first-order valence-corrected chi connectivity index (χ1v) is 11.8. The van der Waals surface area contributed by atoms with Gasteiger partial charge in [0.25, 0.3) is 0 Å². The molecule has 0 amide bonds. The molecule has 0 unspecified atom stereocenters. The zero-order valence-electron chi connectivity index (χ0n) is 19.9. The van der Waals surface area contributed by atoms with Crippen LogP contribution in [0.5, 0.6) is 11.8 Å². The Balaban J connectivity index is 1.69. The standard InChI is InChI=1S/C25H27F3N4O2S/c1-16(2)6-5-7-17(3)10-11-34-22-9-8-19(12-20(22)25(26,27)28)31-24-32-21(15-35-24)18-13-29-23(33-4)30-14-18/h6,8-10,12-15H,5,7,11H2,1-4H3,(H,31,32)/b17-10+. The lowest BCUT2D eigenvalue weighted by Gasteiger charge is -2.15. The number of methoxy groups -OCH3 is 1. The van der Waals surface area contributed by atoms with Crippen molar-refractivity contribution in [3.8, 4) is 23.0 Å². The monoisotopic (exact) mass is 504 g/mol. The number of hydrogen-bond donors (Lipinski definition) is 1. The quantitative estimate of drug-likeness (QED) is 0.289. The smallest absolute Gasteiger partial charge is 0.420 e. The van der Waals surface area contributed by atoms with E-state index >= 15 is 0 Å². The van der Waals surface area contributed by atoms with Gasteiger partial charge in [-0.15, -0.1) is 11.3 Å². The average molecular weight is 505 g/mol. The van der Waals surface area contributed by atoms with E-state index < -0.39 is 11.7 Å². The summed E-state index contributed by atoms with van der Waals surface area (Å²) in [5, 5.41) is 5.14. The molecule has 0 saturated heterocycles. The fourth-order valence-corrected chi connectivity index (χ4v) is 3.80. The van der Waals surface area contributed by atoms with E-state index in [1.165, 1.54) is 36.2 Å². The largest absolute Gasteiger partial charge is 0.489 e. The molecule has 0 radical (unpaired) electrons. The predicted octanol–water partition coefficient (Wildman–Crippen LogP) is 7.44. The van der Waals surface area contributed by atoms with E-state index in [1.54, 1.807) is 17.8 Å². The lowest BCUT2D eigenvalue weighted by molar-refractivity contribution is -0.138. The van der Waals surface area contributed by atoms with Gasteiger partial charge >= 0.3 is 12.2 Å². The van der Waals surface area contributed by atoms with Crippen LogP contribution in [0.15, 0.2) is 59.3 Å². The van der Waals surface area contributed by atoms with E-state index in [4.69, 9.17) is 9.47 Å². The van der Waals surface area contributed by atoms with Crippen LogP contribution < -0.4 is 14.8 Å². The van der Waals surface area contributed by atoms with Crippen molar-refractivity contribution in [3.05, 3.63) is 64.8 Å². The number of ether oxygens (including phenoxy) is 2. The molecule has 1 aromatic carbocycles. The fourth-order valence-electron chi connectivity index (χ4n) is 3.06. The summed E-state index contributed by atoms with van der Waals surface area (Å²) in [6.45, 7) is 6.07. The molecule has 35 heavy (non-hydrogen) atoms. The number of halogens is 3. The van der Waals surface area contributed by atoms with Gasteiger partial charge in [0.05, 0.1) is 18.4 Å². The van der Waals surface area contributed by atoms with Gasteiger partial charge in [-0.2, -0.15) is 13.2 Å². The minimum Gasteiger partial charge on any atom is -0.489 e. The second-order valence-corrected chi connectivity index (χ2v) is 8.87. The van der Waals surface area contributed by atoms with Crippen LogP contribution in [-0.2, 0) is 6.18 Å². The Labute approximate surface area is 206 Å². The Bertz CT molecular complexity index is 1180. The molecule has 2 aromatic heterocycles. The summed E-state index contributed by atoms with van der Waals surface area (Å²) in [7, 11) is 1.47. The highest BCUT2D eigenvalue weighted by molar-refractivity contribution is 7.14. The van der Waals surface area contributed by atoms with Gasteiger partial charge in [-0.3, -0.25) is 0 Å². The molecule has 186 valence electrons. The lowest BCUT2D eigenvalue weighted by atomic mass is 10.1. The lowest BCUT2D eigenvalue weighted by Crippen LogP contribution is -2.09. The highest BCUT2D eigenvalue weighted by atomic mass is 32.1. The maximum atomic E-state index is 13.7. The van der Waals surface area contributed by atoms with Crippen LogP contribution in [0.1, 0.15) is 39.2 Å². The normalized spacial score (nSPS) is 11.8. The summed E-state index contributed by atoms with van der Waals surface area (Å²) in [4.78, 5) is 12.5. The van der Waals surface area contributed by atoms with Crippen molar-refractivity contribution in [1.29, 1.82) is 0 Å². The maximum absolute atomic E-state index is 13.7. The van der Waals surface area contributed by atoms with Crippen molar-refractivity contribution in [2.45, 2.75) is 39.8 Å². The molecule has 3 aromatic rings. The third-order valence-electron chi connectivity index (χ3n) is 4.91. The van der Waals surface area contributed by atoms with Crippen LogP contribution in [-0.4, -0.2) is 28.7 Å². The third-order valence-corrected chi connectivity index (χ3v) is 5.67. The molecule has 10 heteroatoms. The second kappa shape index (κ2) is 11.8. The molecule has 6 nitrogen and oxygen atoms in total. The van der Waals surface area contributed by atoms with E-state index in [0.29, 0.717) is 16.4 Å². The van der Waals surface area contributed by atoms with Crippen molar-refractivity contribution < 1.29 is 22.6 Å². The summed E-state index contributed by atoms with van der Waals surface area (Å²) < 4.78 is 51.6. The zero-order valence-corrected chi connectivity index (χ0v) is 20.8. The van der Waals surface area contributed by atoms with Crippen LogP contribution in [0.4, 0.5) is 24.0 Å². The van der Waals surface area contributed by atoms with Crippen molar-refractivity contribution in [2.24, 2.45) is 0 Å². The van der Waals surface area contributed by atoms with Crippen molar-refractivity contribution in [1.82, 2.24) is 15.0 Å². The maximum Gasteiger partial charge on any atom is 0.420 e. The van der Waals surface area contributed by atoms with E-state index in [9.17, 15) is 13.2 Å². The molecule has 0 fully saturated rings. The number of nitrogens with zero attached hydrogens (tertiary/aromatic N) is 3. The van der Waals surface area contributed by atoms with Gasteiger partial charge in [0.2, 0.25) is 0 Å². The Morgan fingerprint density at radius 2 is 1.86 bits per heavy atom. The van der Waals surface area contributed by atoms with Crippen LogP contribution in [0.2, 0.25) is 0 Å². The van der Waals surface area contributed by atoms with Gasteiger partial charge in [0.1, 0.15) is 12.4 Å². The summed E-state index contributed by atoms with van der Waals surface area (Å²) in [6.07, 6.45) is 4.23. The number of allylic oxidation sites excluding steroid dienone is 3. The number of rotatable bonds is 10. The summed E-state index contributed by atoms with van der Waals surface area (Å²) in [5.74, 6) is -0.216. The Hall–Kier alpha value is -3.40. The number of thiazole rings is 1. The first kappa shape index (κ1) is 26.2. The number of nitrogens with one attached hydrogen (secondary N) is 1. The van der Waals surface area contributed by atoms with Crippen molar-refractivity contribution in [3.63, 3.8) is 0 Å². The predicted molar refractivity (Wildman–Crippen MR) is 132 cm³/mol. The highest BCUT2D eigenvalue weighted by Gasteiger charge is 2.34. The van der Waals surface area contributed by atoms with E-state index in [2.05, 4.69) is 26.3 Å². The molecule has 0 atom stereocenters. The number of aromatic nitrogens is 3. The first-order chi connectivity index (χ1) is 16.7. The van der Waals surface area contributed by atoms with Gasteiger partial charge in [-0.25, -0.2) is 15.0 Å². The summed E-state index contributed by atoms with van der Waals surface area (Å²) in [6, 6.07) is 4.12. The Kier molecular flexibility index (Phi) is 8.86. The second-order valence-electron chi connectivity index (χ2n) is 8.01. The van der Waals surface area contributed by atoms with E-state index in [-0.39, 0.29) is 24.1 Å². The zero-order chi connectivity index (χ0) is 25.4. The molecule has 0 spiro atoms. The van der Waals surface area contributed by atoms with E-state index in [1.807, 2.05) is 26.8 Å². The molecule has 0 bridgehead atoms. The van der Waals surface area contributed by atoms with Crippen LogP contribution in [0.25, 0.3) is 11.3 Å². The van der Waals surface area contributed by atoms with Gasteiger partial charge < -0.3 is 14.8 Å². The number of anilines is 2. The topological polar surface area (TPSA) is 69.2 Å². The number of alkyl halides is 3. The Morgan fingerprint density at radius 3 is 2.51 bits per heavy atom. The molecule has 2 heterocycles. The fraction of sp³-hybridized carbons (Fsp3) is 0.320. The third kappa shape index (κ3) is 7.81. The molecular weight excluding hydrogens is 477 g/mol. The molecule has 0 aliphatic heterocycles. The first-order valence-electron chi connectivity index (χ1n) is 10.9. The van der Waals surface area contributed by atoms with Crippen LogP contribution >= 0.6 is 11.3 Å². The molecule has 1 N–H and O–H groups in total. The SMILES string of the molecule is COc1ncc(-c2csc(Nc3ccc(OC/C=C(\C)CCC=C(C)C)c(C(F)(F)F)c3)n2)cn1. The van der Waals surface area contributed by atoms with Gasteiger partial charge in [0.15, 0.2) is 5.13 Å². The van der Waals surface area contributed by atoms with Gasteiger partial charge in [-0.1, -0.05) is 17.2 Å². The van der Waals surface area contributed by atoms with Gasteiger partial charge in [-0.05, 0) is 57.9 Å². The summed E-state index contributed by atoms with van der Waals surface area (Å²) >= 11 is 1.26. The molecular formula is C25H27F3N4O2S. The number of hydrogen-bond acceptors (Lipinski definition) is 7. The Morgan fingerprint density at radius 1 is 1.11 bits per heavy atom. The van der Waals surface area contributed by atoms with Crippen LogP contribution in [0.3, 0.4) is 0 Å². The average Bonchev–Trinajstić information content (AvgIpc) is 3.27. The van der Waals surface area contributed by atoms with Crippen molar-refractivity contribution in [2.75, 3.05) is 19.0 Å². The number of benzene rings is 1. The minimum absolute atomic E-state index is 0.0658. The highest BCUT2D eigenvalue weighted by Crippen LogP contribution is 2.39. The minimum atomic E-state index is -4.57. The molecule has 3 rings (SSSR count). The van der Waals surface area contributed by atoms with Crippen molar-refractivity contribution >= 4 is 22.2 Å². The summed E-state index contributed by atoms with van der Waals surface area (Å²) in [5.41, 5.74) is 2.97. The van der Waals surface area contributed by atoms with Crippen LogP contribution in [0, 0.1) is 0 Å². The molecule has 0 aliphatic carbocycles. The molecule has 0 saturated carbocycles. The van der Waals surface area contributed by atoms with E-state index in [0.717, 1.165) is 24.5 Å².